The maximum atomic E-state index is 15.3. The number of H-pyrrole nitrogens is 1. The van der Waals surface area contributed by atoms with Gasteiger partial charge in [0, 0.05) is 62.5 Å². The van der Waals surface area contributed by atoms with Crippen LogP contribution >= 0.6 is 0 Å². The number of aliphatic imine (C=N–C) groups is 1. The Morgan fingerprint density at radius 1 is 0.731 bits per heavy atom. The van der Waals surface area contributed by atoms with Crippen molar-refractivity contribution in [3.63, 3.8) is 0 Å². The van der Waals surface area contributed by atoms with Gasteiger partial charge < -0.3 is 111 Å². The highest BCUT2D eigenvalue weighted by Crippen LogP contribution is 2.28. The molecule has 3 aromatic rings. The molecule has 4 saturated heterocycles. The number of likely N-dealkylation sites (tertiary alicyclic amines) is 1. The van der Waals surface area contributed by atoms with Crippen LogP contribution in [0, 0.1) is 0 Å². The number of hydrogen-bond acceptors (Lipinski definition) is 21. The first kappa shape index (κ1) is 81.9. The molecule has 14 atom stereocenters. The number of hydrogen-bond donors (Lipinski definition) is 18. The van der Waals surface area contributed by atoms with Gasteiger partial charge in [0.15, 0.2) is 5.96 Å². The molecule has 4 fully saturated rings. The topological polar surface area (TPSA) is 575 Å². The molecule has 12 amide bonds. The van der Waals surface area contributed by atoms with E-state index in [9.17, 15) is 63.0 Å². The highest BCUT2D eigenvalue weighted by Gasteiger charge is 2.46. The first-order valence-corrected chi connectivity index (χ1v) is 35.4. The summed E-state index contributed by atoms with van der Waals surface area (Å²) < 4.78 is 16.6. The molecule has 0 spiro atoms. The van der Waals surface area contributed by atoms with Gasteiger partial charge in [0.05, 0.1) is 57.5 Å². The molecule has 4 aliphatic rings. The van der Waals surface area contributed by atoms with Gasteiger partial charge in [-0.1, -0.05) is 68.3 Å². The average Bonchev–Trinajstić information content (AvgIpc) is 1.64. The van der Waals surface area contributed by atoms with Gasteiger partial charge >= 0.3 is 0 Å². The number of amides is 12. The Bertz CT molecular complexity index is 3450. The van der Waals surface area contributed by atoms with E-state index in [1.807, 2.05) is 31.2 Å². The molecule has 36 nitrogen and oxygen atoms in total. The second kappa shape index (κ2) is 41.2. The van der Waals surface area contributed by atoms with Crippen LogP contribution in [0.1, 0.15) is 114 Å². The van der Waals surface area contributed by atoms with Gasteiger partial charge in [0.25, 0.3) is 0 Å². The molecule has 5 heterocycles. The number of aliphatic hydroxyl groups excluding tert-OH is 2. The zero-order valence-electron chi connectivity index (χ0n) is 58.6. The zero-order chi connectivity index (χ0) is 75.4. The minimum atomic E-state index is -1.69. The molecule has 0 radical (unpaired) electrons. The molecular formula is C68H103N19O17. The Balaban J connectivity index is 1.14. The fourth-order valence-electron chi connectivity index (χ4n) is 12.9. The van der Waals surface area contributed by atoms with Crippen LogP contribution in [0.15, 0.2) is 65.8 Å². The molecule has 7 rings (SSSR count). The highest BCUT2D eigenvalue weighted by molar-refractivity contribution is 6.00. The zero-order valence-corrected chi connectivity index (χ0v) is 58.6. The second-order valence-corrected chi connectivity index (χ2v) is 26.4. The van der Waals surface area contributed by atoms with Gasteiger partial charge in [0.2, 0.25) is 70.9 Å². The maximum absolute atomic E-state index is 15.3. The number of primary amides is 3. The number of ether oxygens (including phenoxy) is 3. The number of aliphatic hydroxyl groups is 2. The molecule has 572 valence electrons. The second-order valence-electron chi connectivity index (χ2n) is 26.4. The monoisotopic (exact) mass is 1460 g/mol. The molecule has 3 unspecified atom stereocenters. The minimum Gasteiger partial charge on any atom is -0.391 e. The van der Waals surface area contributed by atoms with Crippen molar-refractivity contribution in [2.75, 3.05) is 59.2 Å². The third-order valence-corrected chi connectivity index (χ3v) is 18.3. The van der Waals surface area contributed by atoms with Crippen LogP contribution < -0.4 is 82.3 Å². The van der Waals surface area contributed by atoms with E-state index >= 15 is 4.79 Å². The Hall–Kier alpha value is -9.43. The number of epoxide rings is 1. The summed E-state index contributed by atoms with van der Waals surface area (Å²) in [6.07, 6.45) is -1.87. The van der Waals surface area contributed by atoms with Crippen molar-refractivity contribution in [3.05, 3.63) is 71.9 Å². The van der Waals surface area contributed by atoms with Gasteiger partial charge in [-0.05, 0) is 87.9 Å². The number of aromatic amines is 1. The van der Waals surface area contributed by atoms with Crippen LogP contribution in [0.25, 0.3) is 10.9 Å². The molecule has 0 saturated carbocycles. The SMILES string of the molecule is CCCC[C@H](NC(=O)[C@@H]1CCCN1C(=O)[C@H](CC(N)=O)NC(=O)[C@H](CC(N)=O)NC(O)COCCOCCN)C(=O)N[C@H]1CCC2OC2NCCCC[C@@H](C(N)=O)NC(=O)[C@H](Cc2c[nH]c3ccccc23)NC(=O)[C@H](CCCN=C(N)N)NC(=O)[C@@H](Cc2ccccc2)NC(=O)[C@@H]2C[C@@H](O)CN2C1=O. The van der Waals surface area contributed by atoms with Gasteiger partial charge in [-0.2, -0.15) is 0 Å². The van der Waals surface area contributed by atoms with E-state index in [4.69, 9.17) is 48.6 Å². The summed E-state index contributed by atoms with van der Waals surface area (Å²) in [4.78, 5) is 179. The van der Waals surface area contributed by atoms with Gasteiger partial charge in [-0.25, -0.2) is 0 Å². The van der Waals surface area contributed by atoms with Crippen LogP contribution in [0.4, 0.5) is 0 Å². The summed E-state index contributed by atoms with van der Waals surface area (Å²) in [6.45, 7) is 2.17. The van der Waals surface area contributed by atoms with Crippen molar-refractivity contribution >= 4 is 87.7 Å². The van der Waals surface area contributed by atoms with Crippen LogP contribution in [0.2, 0.25) is 0 Å². The standard InChI is InChI=1S/C68H103N19O17/c1-2-3-16-44(81-63(98)51-20-12-26-86(51)67(101)50(34-55(71)90)85-62(97)49(33-54(70)89)78-56(91)37-103-29-28-102-27-23-69)58(93)82-46-21-22-53-65(104-53)75-24-10-9-18-43(57(72)92)79-61(96)48(31-39-35-77-42-17-8-7-15-41(39)42)83-59(94)45(19-11-25-76-68(73)74)80-60(95)47(30-38-13-5-4-6-14-38)84-64(99)52-32-40(88)36-87(52)66(46)100/h4-8,13-15,17,35,40,43-53,56,65,75,77-78,88,91H,2-3,9-12,16,18-34,36-37,69H2,1H3,(H2,70,89)(H2,71,90)(H2,72,92)(H,79,96)(H,80,95)(H,81,98)(H,82,93)(H,83,94)(H,84,99)(H,85,97)(H4,73,74,76)/t40-,43+,44+,45+,46+,47-,48+,49+,50+,51+,52+,53?,56?,65?/m1/s1. The van der Waals surface area contributed by atoms with Crippen molar-refractivity contribution in [2.45, 2.75) is 201 Å². The first-order valence-electron chi connectivity index (χ1n) is 35.4. The van der Waals surface area contributed by atoms with E-state index in [1.54, 1.807) is 36.5 Å². The Labute approximate surface area is 601 Å². The van der Waals surface area contributed by atoms with Crippen LogP contribution in [-0.2, 0) is 84.6 Å². The molecule has 2 aromatic carbocycles. The summed E-state index contributed by atoms with van der Waals surface area (Å²) in [5, 5.41) is 47.7. The molecule has 36 heteroatoms. The number of rotatable bonds is 32. The fraction of sp³-hybridized carbons (Fsp3) is 0.603. The number of para-hydroxylation sites is 1. The number of aromatic nitrogens is 1. The van der Waals surface area contributed by atoms with E-state index in [0.29, 0.717) is 43.4 Å². The number of carbonyl (C=O) groups is 12. The lowest BCUT2D eigenvalue weighted by molar-refractivity contribution is -0.144. The molecule has 104 heavy (non-hydrogen) atoms. The average molecular weight is 1460 g/mol. The van der Waals surface area contributed by atoms with Crippen molar-refractivity contribution in [3.8, 4) is 0 Å². The van der Waals surface area contributed by atoms with E-state index in [0.717, 1.165) is 20.7 Å². The summed E-state index contributed by atoms with van der Waals surface area (Å²) in [7, 11) is 0. The predicted octanol–water partition coefficient (Wildman–Crippen LogP) is -5.67. The number of fused-ring (bicyclic) bond motifs is 3. The summed E-state index contributed by atoms with van der Waals surface area (Å²) in [6, 6.07) is 1.73. The van der Waals surface area contributed by atoms with Gasteiger partial charge in [0.1, 0.15) is 66.8 Å². The van der Waals surface area contributed by atoms with E-state index in [1.165, 1.54) is 0 Å². The largest absolute Gasteiger partial charge is 0.391 e. The first-order chi connectivity index (χ1) is 49.8. The van der Waals surface area contributed by atoms with Crippen molar-refractivity contribution < 1.29 is 82.0 Å². The van der Waals surface area contributed by atoms with Gasteiger partial charge in [-0.15, -0.1) is 0 Å². The number of guanidine groups is 1. The third kappa shape index (κ3) is 25.5. The molecule has 0 bridgehead atoms. The number of benzene rings is 2. The van der Waals surface area contributed by atoms with Crippen molar-refractivity contribution in [2.24, 2.45) is 39.4 Å². The quantitative estimate of drug-likeness (QED) is 0.00911. The smallest absolute Gasteiger partial charge is 0.246 e. The summed E-state index contributed by atoms with van der Waals surface area (Å²) in [5.41, 5.74) is 35.6. The fourth-order valence-corrected chi connectivity index (χ4v) is 12.9. The molecule has 24 N–H and O–H groups in total. The number of unbranched alkanes of at least 4 members (excludes halogenated alkanes) is 1. The summed E-state index contributed by atoms with van der Waals surface area (Å²) >= 11 is 0. The number of carbonyl (C=O) groups excluding carboxylic acids is 12. The lowest BCUT2D eigenvalue weighted by Gasteiger charge is -2.32. The van der Waals surface area contributed by atoms with Crippen LogP contribution in [-0.4, -0.2) is 246 Å². The Morgan fingerprint density at radius 3 is 2.13 bits per heavy atom. The molecule has 4 aliphatic heterocycles. The van der Waals surface area contributed by atoms with Crippen LogP contribution in [0.3, 0.4) is 0 Å². The highest BCUT2D eigenvalue weighted by atomic mass is 16.6. The summed E-state index contributed by atoms with van der Waals surface area (Å²) in [5.74, 6) is -10.7. The minimum absolute atomic E-state index is 0.0225. The number of nitrogens with zero attached hydrogens (tertiary/aromatic N) is 3. The molecule has 1 aromatic heterocycles. The maximum Gasteiger partial charge on any atom is 0.246 e. The van der Waals surface area contributed by atoms with Gasteiger partial charge in [-0.3, -0.25) is 73.2 Å². The number of nitrogens with one attached hydrogen (secondary N) is 10. The molecule has 0 aliphatic carbocycles. The van der Waals surface area contributed by atoms with Crippen molar-refractivity contribution in [1.29, 1.82) is 0 Å². The van der Waals surface area contributed by atoms with Crippen molar-refractivity contribution in [1.82, 2.24) is 62.6 Å². The van der Waals surface area contributed by atoms with E-state index in [2.05, 4.69) is 57.8 Å². The lowest BCUT2D eigenvalue weighted by Crippen LogP contribution is -2.61. The Morgan fingerprint density at radius 2 is 1.41 bits per heavy atom. The Kier molecular flexibility index (Phi) is 32.4. The third-order valence-electron chi connectivity index (χ3n) is 18.3. The van der Waals surface area contributed by atoms with E-state index in [-0.39, 0.29) is 123 Å². The lowest BCUT2D eigenvalue weighted by atomic mass is 10.0. The normalized spacial score (nSPS) is 24.2. The van der Waals surface area contributed by atoms with Crippen LogP contribution in [0.5, 0.6) is 0 Å². The van der Waals surface area contributed by atoms with E-state index < -0.39 is 175 Å². The number of nitrogens with two attached hydrogens (primary N) is 6. The predicted molar refractivity (Wildman–Crippen MR) is 376 cm³/mol. The molecular weight excluding hydrogens is 1350 g/mol.